The van der Waals surface area contributed by atoms with Crippen molar-refractivity contribution >= 4 is 0 Å². The van der Waals surface area contributed by atoms with Crippen LogP contribution in [0.25, 0.3) is 0 Å². The average molecular weight is 229 g/mol. The van der Waals surface area contributed by atoms with Crippen molar-refractivity contribution in [1.29, 1.82) is 0 Å². The zero-order valence-corrected chi connectivity index (χ0v) is 11.0. The maximum absolute atomic E-state index is 5.94. The van der Waals surface area contributed by atoms with E-state index >= 15 is 0 Å². The smallest absolute Gasteiger partial charge is 0.0807 e. The summed E-state index contributed by atoms with van der Waals surface area (Å²) in [6.45, 7) is 9.40. The normalized spacial score (nSPS) is 30.2. The summed E-state index contributed by atoms with van der Waals surface area (Å²) in [5.41, 5.74) is 5.77. The van der Waals surface area contributed by atoms with E-state index in [2.05, 4.69) is 20.8 Å². The Hall–Kier alpha value is -0.120. The third-order valence-electron chi connectivity index (χ3n) is 3.27. The molecule has 1 aliphatic rings. The molecule has 1 fully saturated rings. The van der Waals surface area contributed by atoms with Crippen molar-refractivity contribution in [2.75, 3.05) is 26.4 Å². The molecule has 96 valence electrons. The molecule has 1 aliphatic carbocycles. The maximum Gasteiger partial charge on any atom is 0.0807 e. The van der Waals surface area contributed by atoms with Crippen molar-refractivity contribution in [3.8, 4) is 0 Å². The molecule has 0 saturated heterocycles. The van der Waals surface area contributed by atoms with Crippen LogP contribution in [-0.4, -0.2) is 32.0 Å². The summed E-state index contributed by atoms with van der Waals surface area (Å²) in [7, 11) is 0. The Morgan fingerprint density at radius 2 is 2.12 bits per heavy atom. The lowest BCUT2D eigenvalue weighted by atomic mass is 10.0. The number of nitrogens with two attached hydrogens (primary N) is 1. The standard InChI is InChI=1S/C13H27NO2/c1-11(2)9-15-6-7-16-13(10-14)5-4-12(3)8-13/h11-12H,4-10,14H2,1-3H3. The molecule has 16 heavy (non-hydrogen) atoms. The molecular formula is C13H27NO2. The molecule has 0 aliphatic heterocycles. The van der Waals surface area contributed by atoms with Crippen LogP contribution in [-0.2, 0) is 9.47 Å². The van der Waals surface area contributed by atoms with Gasteiger partial charge >= 0.3 is 0 Å². The van der Waals surface area contributed by atoms with E-state index in [1.54, 1.807) is 0 Å². The van der Waals surface area contributed by atoms with E-state index in [9.17, 15) is 0 Å². The highest BCUT2D eigenvalue weighted by Gasteiger charge is 2.36. The van der Waals surface area contributed by atoms with Gasteiger partial charge in [0.1, 0.15) is 0 Å². The third-order valence-corrected chi connectivity index (χ3v) is 3.27. The topological polar surface area (TPSA) is 44.5 Å². The van der Waals surface area contributed by atoms with E-state index in [0.717, 1.165) is 25.4 Å². The van der Waals surface area contributed by atoms with Gasteiger partial charge in [-0.3, -0.25) is 0 Å². The van der Waals surface area contributed by atoms with Crippen LogP contribution in [0.2, 0.25) is 0 Å². The van der Waals surface area contributed by atoms with Gasteiger partial charge in [-0.05, 0) is 31.1 Å². The Labute approximate surface area is 99.7 Å². The van der Waals surface area contributed by atoms with Crippen molar-refractivity contribution in [1.82, 2.24) is 0 Å². The fourth-order valence-corrected chi connectivity index (χ4v) is 2.36. The highest BCUT2D eigenvalue weighted by Crippen LogP contribution is 2.36. The lowest BCUT2D eigenvalue weighted by Crippen LogP contribution is -2.39. The first-order valence-corrected chi connectivity index (χ1v) is 6.50. The van der Waals surface area contributed by atoms with Crippen LogP contribution in [0.4, 0.5) is 0 Å². The summed E-state index contributed by atoms with van der Waals surface area (Å²) in [5, 5.41) is 0. The maximum atomic E-state index is 5.94. The molecule has 1 saturated carbocycles. The highest BCUT2D eigenvalue weighted by atomic mass is 16.5. The van der Waals surface area contributed by atoms with Crippen LogP contribution in [0, 0.1) is 11.8 Å². The Kier molecular flexibility index (Phi) is 5.73. The monoisotopic (exact) mass is 229 g/mol. The second kappa shape index (κ2) is 6.58. The minimum absolute atomic E-state index is 0.0550. The summed E-state index contributed by atoms with van der Waals surface area (Å²) < 4.78 is 11.4. The second-order valence-corrected chi connectivity index (χ2v) is 5.55. The average Bonchev–Trinajstić information content (AvgIpc) is 2.60. The minimum Gasteiger partial charge on any atom is -0.379 e. The first-order chi connectivity index (χ1) is 7.58. The van der Waals surface area contributed by atoms with Crippen molar-refractivity contribution in [2.45, 2.75) is 45.6 Å². The van der Waals surface area contributed by atoms with Crippen LogP contribution in [0.15, 0.2) is 0 Å². The summed E-state index contributed by atoms with van der Waals surface area (Å²) in [4.78, 5) is 0. The fourth-order valence-electron chi connectivity index (χ4n) is 2.36. The minimum atomic E-state index is -0.0550. The summed E-state index contributed by atoms with van der Waals surface area (Å²) in [5.74, 6) is 1.34. The molecule has 0 aromatic carbocycles. The molecule has 1 rings (SSSR count). The van der Waals surface area contributed by atoms with Gasteiger partial charge < -0.3 is 15.2 Å². The molecule has 0 amide bonds. The zero-order valence-electron chi connectivity index (χ0n) is 11.0. The van der Waals surface area contributed by atoms with Gasteiger partial charge in [-0.15, -0.1) is 0 Å². The van der Waals surface area contributed by atoms with E-state index in [1.807, 2.05) is 0 Å². The van der Waals surface area contributed by atoms with Crippen LogP contribution in [0.3, 0.4) is 0 Å². The number of hydrogen-bond donors (Lipinski definition) is 1. The Morgan fingerprint density at radius 3 is 2.62 bits per heavy atom. The molecule has 2 unspecified atom stereocenters. The molecule has 0 bridgehead atoms. The highest BCUT2D eigenvalue weighted by molar-refractivity contribution is 4.90. The van der Waals surface area contributed by atoms with Crippen LogP contribution in [0.1, 0.15) is 40.0 Å². The Bertz CT molecular complexity index is 196. The predicted molar refractivity (Wildman–Crippen MR) is 66.4 cm³/mol. The van der Waals surface area contributed by atoms with Crippen LogP contribution in [0.5, 0.6) is 0 Å². The molecule has 2 atom stereocenters. The largest absolute Gasteiger partial charge is 0.379 e. The predicted octanol–water partition coefficient (Wildman–Crippen LogP) is 2.19. The number of ether oxygens (including phenoxy) is 2. The summed E-state index contributed by atoms with van der Waals surface area (Å²) >= 11 is 0. The second-order valence-electron chi connectivity index (χ2n) is 5.55. The zero-order chi connectivity index (χ0) is 12.0. The molecule has 2 N–H and O–H groups in total. The molecular weight excluding hydrogens is 202 g/mol. The van der Waals surface area contributed by atoms with E-state index in [4.69, 9.17) is 15.2 Å². The fraction of sp³-hybridized carbons (Fsp3) is 1.00. The van der Waals surface area contributed by atoms with E-state index in [-0.39, 0.29) is 5.60 Å². The van der Waals surface area contributed by atoms with Crippen LogP contribution < -0.4 is 5.73 Å². The Balaban J connectivity index is 2.15. The van der Waals surface area contributed by atoms with E-state index < -0.39 is 0 Å². The molecule has 0 aromatic heterocycles. The van der Waals surface area contributed by atoms with Gasteiger partial charge in [0.15, 0.2) is 0 Å². The third kappa shape index (κ3) is 4.40. The SMILES string of the molecule is CC(C)COCCOC1(CN)CCC(C)C1. The first-order valence-electron chi connectivity index (χ1n) is 6.50. The quantitative estimate of drug-likeness (QED) is 0.681. The van der Waals surface area contributed by atoms with Gasteiger partial charge in [0, 0.05) is 13.2 Å². The van der Waals surface area contributed by atoms with E-state index in [1.165, 1.54) is 6.42 Å². The van der Waals surface area contributed by atoms with Gasteiger partial charge in [0.2, 0.25) is 0 Å². The van der Waals surface area contributed by atoms with Crippen molar-refractivity contribution in [3.63, 3.8) is 0 Å². The van der Waals surface area contributed by atoms with Gasteiger partial charge in [-0.1, -0.05) is 20.8 Å². The molecule has 3 heteroatoms. The number of rotatable bonds is 7. The Morgan fingerprint density at radius 1 is 1.38 bits per heavy atom. The van der Waals surface area contributed by atoms with Crippen molar-refractivity contribution in [2.24, 2.45) is 17.6 Å². The van der Waals surface area contributed by atoms with Crippen molar-refractivity contribution in [3.05, 3.63) is 0 Å². The van der Waals surface area contributed by atoms with Crippen LogP contribution >= 0.6 is 0 Å². The molecule has 0 radical (unpaired) electrons. The molecule has 0 spiro atoms. The van der Waals surface area contributed by atoms with Gasteiger partial charge in [-0.25, -0.2) is 0 Å². The lowest BCUT2D eigenvalue weighted by molar-refractivity contribution is -0.0620. The number of hydrogen-bond acceptors (Lipinski definition) is 3. The van der Waals surface area contributed by atoms with Gasteiger partial charge in [0.25, 0.3) is 0 Å². The van der Waals surface area contributed by atoms with Crippen molar-refractivity contribution < 1.29 is 9.47 Å². The molecule has 0 heterocycles. The molecule has 3 nitrogen and oxygen atoms in total. The summed E-state index contributed by atoms with van der Waals surface area (Å²) in [6, 6.07) is 0. The molecule has 0 aromatic rings. The van der Waals surface area contributed by atoms with Gasteiger partial charge in [-0.2, -0.15) is 0 Å². The summed E-state index contributed by atoms with van der Waals surface area (Å²) in [6.07, 6.45) is 3.45. The van der Waals surface area contributed by atoms with E-state index in [0.29, 0.717) is 25.7 Å². The van der Waals surface area contributed by atoms with Gasteiger partial charge in [0.05, 0.1) is 18.8 Å². The lowest BCUT2D eigenvalue weighted by Gasteiger charge is -2.28. The first kappa shape index (κ1) is 13.9.